The van der Waals surface area contributed by atoms with E-state index in [2.05, 4.69) is 5.32 Å². The molecule has 1 N–H and O–H groups in total. The van der Waals surface area contributed by atoms with E-state index >= 15 is 0 Å². The predicted octanol–water partition coefficient (Wildman–Crippen LogP) is 0.741. The monoisotopic (exact) mass is 327 g/mol. The number of nitrogens with zero attached hydrogens (tertiary/aromatic N) is 2. The molecule has 1 aromatic carbocycles. The van der Waals surface area contributed by atoms with Crippen molar-refractivity contribution in [2.45, 2.75) is 12.8 Å². The second kappa shape index (κ2) is 6.02. The van der Waals surface area contributed by atoms with Crippen LogP contribution in [0.15, 0.2) is 24.3 Å². The zero-order chi connectivity index (χ0) is 16.7. The molecule has 24 heavy (non-hydrogen) atoms. The van der Waals surface area contributed by atoms with Crippen molar-refractivity contribution in [2.75, 3.05) is 32.7 Å². The minimum absolute atomic E-state index is 0.127. The van der Waals surface area contributed by atoms with Crippen LogP contribution in [-0.4, -0.2) is 60.2 Å². The lowest BCUT2D eigenvalue weighted by Crippen LogP contribution is -2.43. The zero-order valence-electron chi connectivity index (χ0n) is 13.5. The van der Waals surface area contributed by atoms with E-state index in [0.29, 0.717) is 36.1 Å². The summed E-state index contributed by atoms with van der Waals surface area (Å²) in [6.07, 6.45) is 1.98. The van der Waals surface area contributed by atoms with E-state index in [0.717, 1.165) is 30.8 Å². The number of fused-ring (bicyclic) bond motifs is 2. The van der Waals surface area contributed by atoms with Crippen LogP contribution in [-0.2, 0) is 4.79 Å². The highest BCUT2D eigenvalue weighted by Gasteiger charge is 2.38. The van der Waals surface area contributed by atoms with Crippen molar-refractivity contribution in [2.24, 2.45) is 11.8 Å². The molecule has 0 unspecified atom stereocenters. The molecule has 4 rings (SSSR count). The summed E-state index contributed by atoms with van der Waals surface area (Å²) in [5.74, 6) is 0.432. The smallest absolute Gasteiger partial charge is 0.262 e. The van der Waals surface area contributed by atoms with Gasteiger partial charge in [-0.25, -0.2) is 0 Å². The van der Waals surface area contributed by atoms with Crippen molar-refractivity contribution in [3.8, 4) is 0 Å². The first-order valence-electron chi connectivity index (χ1n) is 8.59. The van der Waals surface area contributed by atoms with Gasteiger partial charge in [-0.1, -0.05) is 12.1 Å². The average molecular weight is 327 g/mol. The third-order valence-corrected chi connectivity index (χ3v) is 5.54. The molecule has 0 saturated carbocycles. The molecule has 2 atom stereocenters. The Hall–Kier alpha value is -2.21. The van der Waals surface area contributed by atoms with Crippen LogP contribution in [0.4, 0.5) is 0 Å². The lowest BCUT2D eigenvalue weighted by molar-refractivity contribution is -0.131. The Labute approximate surface area is 140 Å². The largest absolute Gasteiger partial charge is 0.341 e. The number of hydrogen-bond acceptors (Lipinski definition) is 4. The summed E-state index contributed by atoms with van der Waals surface area (Å²) in [6, 6.07) is 6.74. The molecule has 3 amide bonds. The summed E-state index contributed by atoms with van der Waals surface area (Å²) >= 11 is 0. The van der Waals surface area contributed by atoms with Crippen LogP contribution >= 0.6 is 0 Å². The quantitative estimate of drug-likeness (QED) is 0.814. The van der Waals surface area contributed by atoms with Crippen molar-refractivity contribution in [1.29, 1.82) is 0 Å². The molecule has 0 aliphatic carbocycles. The van der Waals surface area contributed by atoms with Gasteiger partial charge in [-0.3, -0.25) is 19.3 Å². The van der Waals surface area contributed by atoms with E-state index in [1.807, 2.05) is 4.90 Å². The van der Waals surface area contributed by atoms with Crippen molar-refractivity contribution in [1.82, 2.24) is 15.1 Å². The summed E-state index contributed by atoms with van der Waals surface area (Å²) < 4.78 is 0. The van der Waals surface area contributed by atoms with Crippen molar-refractivity contribution in [3.63, 3.8) is 0 Å². The van der Waals surface area contributed by atoms with Crippen LogP contribution in [0.25, 0.3) is 0 Å². The summed E-state index contributed by atoms with van der Waals surface area (Å²) in [5.41, 5.74) is 0.790. The number of nitrogens with one attached hydrogen (secondary N) is 1. The van der Waals surface area contributed by atoms with E-state index in [-0.39, 0.29) is 24.3 Å². The van der Waals surface area contributed by atoms with Crippen molar-refractivity contribution < 1.29 is 14.4 Å². The lowest BCUT2D eigenvalue weighted by atomic mass is 9.92. The van der Waals surface area contributed by atoms with E-state index < -0.39 is 0 Å². The van der Waals surface area contributed by atoms with E-state index in [4.69, 9.17) is 0 Å². The fraction of sp³-hybridized carbons (Fsp3) is 0.500. The van der Waals surface area contributed by atoms with E-state index in [9.17, 15) is 14.4 Å². The fourth-order valence-electron chi connectivity index (χ4n) is 4.09. The summed E-state index contributed by atoms with van der Waals surface area (Å²) in [6.45, 7) is 3.34. The topological polar surface area (TPSA) is 69.7 Å². The molecule has 0 bridgehead atoms. The molecule has 6 nitrogen and oxygen atoms in total. The molecule has 1 aromatic rings. The maximum absolute atomic E-state index is 12.6. The van der Waals surface area contributed by atoms with Crippen LogP contribution in [0.5, 0.6) is 0 Å². The molecular formula is C18H21N3O3. The van der Waals surface area contributed by atoms with Gasteiger partial charge in [-0.15, -0.1) is 0 Å². The first-order valence-corrected chi connectivity index (χ1v) is 8.59. The van der Waals surface area contributed by atoms with Gasteiger partial charge < -0.3 is 10.2 Å². The Bertz CT molecular complexity index is 654. The van der Waals surface area contributed by atoms with Crippen molar-refractivity contribution in [3.05, 3.63) is 35.4 Å². The van der Waals surface area contributed by atoms with Gasteiger partial charge in [-0.05, 0) is 49.9 Å². The molecule has 6 heteroatoms. The summed E-state index contributed by atoms with van der Waals surface area (Å²) in [7, 11) is 0. The second-order valence-corrected chi connectivity index (χ2v) is 6.88. The normalized spacial score (nSPS) is 26.3. The minimum atomic E-state index is -0.361. The highest BCUT2D eigenvalue weighted by molar-refractivity contribution is 6.22. The van der Waals surface area contributed by atoms with Crippen LogP contribution in [0.2, 0.25) is 0 Å². The Morgan fingerprint density at radius 3 is 2.08 bits per heavy atom. The fourth-order valence-corrected chi connectivity index (χ4v) is 4.09. The maximum atomic E-state index is 12.6. The first kappa shape index (κ1) is 15.3. The second-order valence-electron chi connectivity index (χ2n) is 6.88. The molecule has 0 aromatic heterocycles. The minimum Gasteiger partial charge on any atom is -0.341 e. The number of hydrogen-bond donors (Lipinski definition) is 1. The molecule has 0 spiro atoms. The molecule has 2 fully saturated rings. The highest BCUT2D eigenvalue weighted by atomic mass is 16.2. The summed E-state index contributed by atoms with van der Waals surface area (Å²) in [4.78, 5) is 40.3. The zero-order valence-corrected chi connectivity index (χ0v) is 13.5. The van der Waals surface area contributed by atoms with Gasteiger partial charge in [0.05, 0.1) is 11.1 Å². The predicted molar refractivity (Wildman–Crippen MR) is 87.5 cm³/mol. The van der Waals surface area contributed by atoms with Crippen LogP contribution in [0.1, 0.15) is 33.6 Å². The standard InChI is InChI=1S/C18H21N3O3/c22-16(20-7-5-12-9-19-10-13(12)6-8-20)11-21-17(23)14-3-1-2-4-15(14)18(21)24/h1-4,12-13,19H,5-11H2/t12-,13+. The Kier molecular flexibility index (Phi) is 3.84. The summed E-state index contributed by atoms with van der Waals surface area (Å²) in [5, 5.41) is 3.42. The van der Waals surface area contributed by atoms with Gasteiger partial charge in [0, 0.05) is 13.1 Å². The van der Waals surface area contributed by atoms with Crippen LogP contribution in [0.3, 0.4) is 0 Å². The number of carbonyl (C=O) groups excluding carboxylic acids is 3. The van der Waals surface area contributed by atoms with Crippen molar-refractivity contribution >= 4 is 17.7 Å². The number of likely N-dealkylation sites (tertiary alicyclic amines) is 1. The molecule has 3 heterocycles. The Morgan fingerprint density at radius 1 is 1.00 bits per heavy atom. The third-order valence-electron chi connectivity index (χ3n) is 5.54. The Balaban J connectivity index is 1.43. The molecule has 0 radical (unpaired) electrons. The molecule has 2 saturated heterocycles. The van der Waals surface area contributed by atoms with Gasteiger partial charge in [0.1, 0.15) is 6.54 Å². The van der Waals surface area contributed by atoms with Gasteiger partial charge in [0.25, 0.3) is 11.8 Å². The third kappa shape index (κ3) is 2.51. The molecule has 126 valence electrons. The van der Waals surface area contributed by atoms with Gasteiger partial charge >= 0.3 is 0 Å². The average Bonchev–Trinajstić information content (AvgIpc) is 3.06. The maximum Gasteiger partial charge on any atom is 0.262 e. The number of amides is 3. The van der Waals surface area contributed by atoms with Gasteiger partial charge in [0.2, 0.25) is 5.91 Å². The Morgan fingerprint density at radius 2 is 1.54 bits per heavy atom. The van der Waals surface area contributed by atoms with Gasteiger partial charge in [0.15, 0.2) is 0 Å². The lowest BCUT2D eigenvalue weighted by Gasteiger charge is -2.23. The van der Waals surface area contributed by atoms with Crippen LogP contribution in [0, 0.1) is 11.8 Å². The number of rotatable bonds is 2. The SMILES string of the molecule is O=C(CN1C(=O)c2ccccc2C1=O)N1CC[C@@H]2CNC[C@@H]2CC1. The first-order chi connectivity index (χ1) is 11.6. The number of carbonyl (C=O) groups is 3. The van der Waals surface area contributed by atoms with Gasteiger partial charge in [-0.2, -0.15) is 0 Å². The molecule has 3 aliphatic rings. The highest BCUT2D eigenvalue weighted by Crippen LogP contribution is 2.27. The molecule has 3 aliphatic heterocycles. The van der Waals surface area contributed by atoms with E-state index in [1.165, 1.54) is 0 Å². The molecular weight excluding hydrogens is 306 g/mol. The van der Waals surface area contributed by atoms with Crippen LogP contribution < -0.4 is 5.32 Å². The van der Waals surface area contributed by atoms with E-state index in [1.54, 1.807) is 24.3 Å². The number of imide groups is 1. The number of benzene rings is 1.